The maximum Gasteiger partial charge on any atom is 0.407 e. The summed E-state index contributed by atoms with van der Waals surface area (Å²) in [7, 11) is 0. The Bertz CT molecular complexity index is 866. The van der Waals surface area contributed by atoms with Gasteiger partial charge in [-0.1, -0.05) is 20.8 Å². The molecule has 1 aromatic rings. The van der Waals surface area contributed by atoms with Crippen molar-refractivity contribution < 1.29 is 28.6 Å². The van der Waals surface area contributed by atoms with Gasteiger partial charge in [0, 0.05) is 18.7 Å². The van der Waals surface area contributed by atoms with Crippen molar-refractivity contribution >= 4 is 12.1 Å². The van der Waals surface area contributed by atoms with Gasteiger partial charge in [-0.2, -0.15) is 0 Å². The van der Waals surface area contributed by atoms with Gasteiger partial charge in [-0.05, 0) is 75.3 Å². The van der Waals surface area contributed by atoms with Crippen molar-refractivity contribution in [1.82, 2.24) is 4.90 Å². The van der Waals surface area contributed by atoms with Crippen molar-refractivity contribution in [2.24, 2.45) is 11.3 Å². The van der Waals surface area contributed by atoms with Crippen molar-refractivity contribution in [2.45, 2.75) is 84.8 Å². The molecule has 1 heterocycles. The molecule has 2 atom stereocenters. The Labute approximate surface area is 190 Å². The van der Waals surface area contributed by atoms with Gasteiger partial charge in [0.05, 0.1) is 12.2 Å². The van der Waals surface area contributed by atoms with Gasteiger partial charge in [-0.3, -0.25) is 0 Å². The Morgan fingerprint density at radius 3 is 2.31 bits per heavy atom. The summed E-state index contributed by atoms with van der Waals surface area (Å²) >= 11 is 0. The first-order chi connectivity index (χ1) is 14.8. The quantitative estimate of drug-likeness (QED) is 0.571. The first kappa shape index (κ1) is 24.3. The molecule has 0 spiro atoms. The lowest BCUT2D eigenvalue weighted by Gasteiger charge is -2.44. The number of hydrogen-bond acceptors (Lipinski definition) is 4. The summed E-state index contributed by atoms with van der Waals surface area (Å²) in [5.74, 6) is -0.395. The van der Waals surface area contributed by atoms with Crippen LogP contribution < -0.4 is 4.74 Å². The van der Waals surface area contributed by atoms with Crippen molar-refractivity contribution in [3.63, 3.8) is 0 Å². The highest BCUT2D eigenvalue weighted by atomic mass is 19.1. The van der Waals surface area contributed by atoms with E-state index in [0.717, 1.165) is 18.4 Å². The van der Waals surface area contributed by atoms with Gasteiger partial charge in [0.2, 0.25) is 0 Å². The third kappa shape index (κ3) is 5.93. The number of carbonyl (C=O) groups excluding carboxylic acids is 1. The molecule has 0 aromatic heterocycles. The van der Waals surface area contributed by atoms with Crippen LogP contribution in [0, 0.1) is 17.2 Å². The Morgan fingerprint density at radius 1 is 1.12 bits per heavy atom. The number of amides is 1. The molecule has 2 unspecified atom stereocenters. The van der Waals surface area contributed by atoms with Gasteiger partial charge in [0.1, 0.15) is 17.2 Å². The molecule has 2 fully saturated rings. The Morgan fingerprint density at radius 2 is 1.78 bits per heavy atom. The first-order valence-corrected chi connectivity index (χ1v) is 11.5. The van der Waals surface area contributed by atoms with Gasteiger partial charge >= 0.3 is 12.1 Å². The molecule has 1 saturated carbocycles. The van der Waals surface area contributed by atoms with Crippen LogP contribution in [0.2, 0.25) is 0 Å². The van der Waals surface area contributed by atoms with Gasteiger partial charge < -0.3 is 19.5 Å². The van der Waals surface area contributed by atoms with E-state index in [0.29, 0.717) is 31.7 Å². The molecule has 1 aromatic carbocycles. The number of rotatable bonds is 5. The average molecular weight is 450 g/mol. The number of esters is 1. The minimum Gasteiger partial charge on any atom is -0.493 e. The second kappa shape index (κ2) is 8.91. The third-order valence-electron chi connectivity index (χ3n) is 6.17. The third-order valence-corrected chi connectivity index (χ3v) is 6.17. The molecule has 1 aliphatic heterocycles. The van der Waals surface area contributed by atoms with Crippen LogP contribution in [-0.4, -0.2) is 46.9 Å². The van der Waals surface area contributed by atoms with Crippen LogP contribution in [0.4, 0.5) is 9.18 Å². The number of nitrogens with zero attached hydrogens (tertiary/aromatic N) is 1. The average Bonchev–Trinajstić information content (AvgIpc) is 3.49. The van der Waals surface area contributed by atoms with Crippen LogP contribution in [0.5, 0.6) is 5.75 Å². The molecule has 1 aliphatic carbocycles. The molecule has 1 N–H and O–H groups in total. The highest BCUT2D eigenvalue weighted by Crippen LogP contribution is 2.45. The number of carboxylic acid groups (broad SMARTS) is 1. The minimum atomic E-state index is -0.889. The number of hydrogen-bond donors (Lipinski definition) is 1. The van der Waals surface area contributed by atoms with Gasteiger partial charge in [0.15, 0.2) is 0 Å². The summed E-state index contributed by atoms with van der Waals surface area (Å²) in [6, 6.07) is 2.79. The normalized spacial score (nSPS) is 21.9. The van der Waals surface area contributed by atoms with Crippen molar-refractivity contribution in [2.75, 3.05) is 13.2 Å². The molecule has 2 aliphatic rings. The lowest BCUT2D eigenvalue weighted by molar-refractivity contribution is 0.00641. The number of piperidine rings is 1. The van der Waals surface area contributed by atoms with E-state index in [2.05, 4.69) is 0 Å². The van der Waals surface area contributed by atoms with Crippen LogP contribution in [0.3, 0.4) is 0 Å². The topological polar surface area (TPSA) is 76.1 Å². The molecule has 178 valence electrons. The number of likely N-dealkylation sites (tertiary alicyclic amines) is 1. The van der Waals surface area contributed by atoms with E-state index in [4.69, 9.17) is 9.47 Å². The van der Waals surface area contributed by atoms with Gasteiger partial charge in [-0.25, -0.2) is 14.0 Å². The first-order valence-electron chi connectivity index (χ1n) is 11.5. The van der Waals surface area contributed by atoms with Gasteiger partial charge in [0.25, 0.3) is 0 Å². The number of halogens is 1. The number of benzene rings is 1. The van der Waals surface area contributed by atoms with E-state index >= 15 is 0 Å². The van der Waals surface area contributed by atoms with Gasteiger partial charge in [-0.15, -0.1) is 0 Å². The molecule has 32 heavy (non-hydrogen) atoms. The van der Waals surface area contributed by atoms with Crippen LogP contribution in [0.15, 0.2) is 12.1 Å². The molecule has 0 radical (unpaired) electrons. The summed E-state index contributed by atoms with van der Waals surface area (Å²) < 4.78 is 26.3. The standard InChI is InChI=1S/C25H36FNO5/c1-24(2,3)21-11-15(9-10-27(21)23(29)30)14-31-20-13-19(26)18(12-17(20)16-7-8-16)22(28)32-25(4,5)6/h12-13,15-16,21H,7-11,14H2,1-6H3,(H,29,30). The molecular formula is C25H36FNO5. The van der Waals surface area contributed by atoms with Crippen molar-refractivity contribution in [1.29, 1.82) is 0 Å². The van der Waals surface area contributed by atoms with Crippen molar-refractivity contribution in [3.05, 3.63) is 29.1 Å². The maximum atomic E-state index is 14.8. The molecular weight excluding hydrogens is 413 g/mol. The second-order valence-corrected chi connectivity index (χ2v) is 11.2. The van der Waals surface area contributed by atoms with Crippen LogP contribution in [0.1, 0.15) is 89.1 Å². The van der Waals surface area contributed by atoms with Crippen molar-refractivity contribution in [3.8, 4) is 5.75 Å². The molecule has 3 rings (SSSR count). The van der Waals surface area contributed by atoms with E-state index < -0.39 is 23.5 Å². The smallest absolute Gasteiger partial charge is 0.407 e. The van der Waals surface area contributed by atoms with E-state index in [1.807, 2.05) is 20.8 Å². The largest absolute Gasteiger partial charge is 0.493 e. The Balaban J connectivity index is 1.74. The summed E-state index contributed by atoms with van der Waals surface area (Å²) in [5.41, 5.74) is -0.0936. The van der Waals surface area contributed by atoms with Crippen LogP contribution >= 0.6 is 0 Å². The van der Waals surface area contributed by atoms with E-state index in [9.17, 15) is 19.1 Å². The zero-order valence-corrected chi connectivity index (χ0v) is 20.0. The zero-order valence-electron chi connectivity index (χ0n) is 20.0. The lowest BCUT2D eigenvalue weighted by atomic mass is 9.77. The Kier molecular flexibility index (Phi) is 6.78. The predicted molar refractivity (Wildman–Crippen MR) is 120 cm³/mol. The monoisotopic (exact) mass is 449 g/mol. The van der Waals surface area contributed by atoms with E-state index in [1.54, 1.807) is 26.8 Å². The maximum absolute atomic E-state index is 14.8. The second-order valence-electron chi connectivity index (χ2n) is 11.2. The fourth-order valence-corrected chi connectivity index (χ4v) is 4.35. The summed E-state index contributed by atoms with van der Waals surface area (Å²) in [5, 5.41) is 9.56. The number of ether oxygens (including phenoxy) is 2. The minimum absolute atomic E-state index is 0.0586. The van der Waals surface area contributed by atoms with Crippen LogP contribution in [0.25, 0.3) is 0 Å². The molecule has 1 saturated heterocycles. The number of carbonyl (C=O) groups is 2. The SMILES string of the molecule is CC(C)(C)OC(=O)c1cc(C2CC2)c(OCC2CCN(C(=O)O)C(C(C)(C)C)C2)cc1F. The highest BCUT2D eigenvalue weighted by Gasteiger charge is 2.39. The Hall–Kier alpha value is -2.31. The fraction of sp³-hybridized carbons (Fsp3) is 0.680. The summed E-state index contributed by atoms with van der Waals surface area (Å²) in [6.07, 6.45) is 2.49. The van der Waals surface area contributed by atoms with Crippen LogP contribution in [-0.2, 0) is 4.74 Å². The lowest BCUT2D eigenvalue weighted by Crippen LogP contribution is -2.52. The molecule has 1 amide bonds. The van der Waals surface area contributed by atoms with E-state index in [1.165, 1.54) is 11.0 Å². The van der Waals surface area contributed by atoms with E-state index in [-0.39, 0.29) is 28.9 Å². The zero-order chi connectivity index (χ0) is 23.8. The molecule has 0 bridgehead atoms. The summed E-state index contributed by atoms with van der Waals surface area (Å²) in [6.45, 7) is 12.3. The highest BCUT2D eigenvalue weighted by molar-refractivity contribution is 5.90. The fourth-order valence-electron chi connectivity index (χ4n) is 4.35. The summed E-state index contributed by atoms with van der Waals surface area (Å²) in [4.78, 5) is 25.6. The molecule has 6 nitrogen and oxygen atoms in total. The predicted octanol–water partition coefficient (Wildman–Crippen LogP) is 5.84. The molecule has 7 heteroatoms.